The van der Waals surface area contributed by atoms with Gasteiger partial charge in [0.05, 0.1) is 36.3 Å². The summed E-state index contributed by atoms with van der Waals surface area (Å²) in [5.74, 6) is -0.524. The summed E-state index contributed by atoms with van der Waals surface area (Å²) in [7, 11) is 0. The number of halogens is 5. The number of rotatable bonds is 3. The number of hydrogen-bond acceptors (Lipinski definition) is 4. The molecular weight excluding hydrogens is 399 g/mol. The number of carbonyl (C=O) groups excluding carboxylic acids is 1. The van der Waals surface area contributed by atoms with E-state index in [0.29, 0.717) is 16.1 Å². The van der Waals surface area contributed by atoms with E-state index in [-0.39, 0.29) is 31.7 Å². The fraction of sp³-hybridized carbons (Fsp3) is 0.167. The van der Waals surface area contributed by atoms with Crippen LogP contribution in [0.15, 0.2) is 5.51 Å². The molecule has 0 aliphatic rings. The lowest BCUT2D eigenvalue weighted by Gasteiger charge is -2.12. The number of nitrogens with zero attached hydrogens (tertiary/aromatic N) is 1. The topological polar surface area (TPSA) is 39.2 Å². The van der Waals surface area contributed by atoms with Gasteiger partial charge in [0.1, 0.15) is 11.5 Å². The van der Waals surface area contributed by atoms with Crippen molar-refractivity contribution in [3.63, 3.8) is 0 Å². The van der Waals surface area contributed by atoms with Gasteiger partial charge in [0.2, 0.25) is 0 Å². The Labute approximate surface area is 149 Å². The molecule has 9 heteroatoms. The maximum absolute atomic E-state index is 11.9. The van der Waals surface area contributed by atoms with E-state index >= 15 is 0 Å². The molecule has 0 amide bonds. The van der Waals surface area contributed by atoms with E-state index in [4.69, 9.17) is 62.7 Å². The number of aryl methyl sites for hydroxylation is 1. The lowest BCUT2D eigenvalue weighted by Crippen LogP contribution is -2.06. The molecule has 0 aliphatic carbocycles. The molecule has 0 radical (unpaired) electrons. The van der Waals surface area contributed by atoms with Crippen molar-refractivity contribution in [2.45, 2.75) is 13.5 Å². The van der Waals surface area contributed by atoms with Gasteiger partial charge in [-0.2, -0.15) is 0 Å². The molecule has 0 saturated carbocycles. The van der Waals surface area contributed by atoms with Gasteiger partial charge in [-0.3, -0.25) is 0 Å². The predicted molar refractivity (Wildman–Crippen MR) is 87.5 cm³/mol. The van der Waals surface area contributed by atoms with Crippen molar-refractivity contribution in [2.24, 2.45) is 0 Å². The SMILES string of the molecule is Cc1ncsc1C(=O)OCc1c(Cl)c(Cl)c(Cl)c(Cl)c1Cl. The average Bonchev–Trinajstić information content (AvgIpc) is 2.89. The first-order valence-electron chi connectivity index (χ1n) is 5.42. The third-order valence-electron chi connectivity index (χ3n) is 2.58. The Morgan fingerprint density at radius 2 is 1.62 bits per heavy atom. The summed E-state index contributed by atoms with van der Waals surface area (Å²) in [6, 6.07) is 0. The molecule has 1 aromatic heterocycles. The Balaban J connectivity index is 2.25. The fourth-order valence-electron chi connectivity index (χ4n) is 1.48. The largest absolute Gasteiger partial charge is 0.456 e. The minimum absolute atomic E-state index is 0.0571. The highest BCUT2D eigenvalue weighted by atomic mass is 35.5. The molecule has 0 fully saturated rings. The summed E-state index contributed by atoms with van der Waals surface area (Å²) < 4.78 is 5.17. The summed E-state index contributed by atoms with van der Waals surface area (Å²) in [6.45, 7) is 1.54. The molecule has 0 unspecified atom stereocenters. The van der Waals surface area contributed by atoms with E-state index in [1.165, 1.54) is 11.3 Å². The molecule has 2 aromatic rings. The zero-order valence-corrected chi connectivity index (χ0v) is 14.9. The van der Waals surface area contributed by atoms with Crippen LogP contribution < -0.4 is 0 Å². The van der Waals surface area contributed by atoms with Crippen LogP contribution in [0.5, 0.6) is 0 Å². The molecule has 0 spiro atoms. The Morgan fingerprint density at radius 3 is 2.10 bits per heavy atom. The van der Waals surface area contributed by atoms with Crippen molar-refractivity contribution < 1.29 is 9.53 Å². The molecular formula is C12H6Cl5NO2S. The second kappa shape index (κ2) is 6.90. The van der Waals surface area contributed by atoms with Crippen molar-refractivity contribution in [1.29, 1.82) is 0 Å². The van der Waals surface area contributed by atoms with Crippen molar-refractivity contribution in [1.82, 2.24) is 4.98 Å². The molecule has 0 N–H and O–H groups in total. The Bertz CT molecular complexity index is 687. The minimum Gasteiger partial charge on any atom is -0.456 e. The van der Waals surface area contributed by atoms with Gasteiger partial charge in [0, 0.05) is 5.56 Å². The van der Waals surface area contributed by atoms with E-state index in [1.54, 1.807) is 12.4 Å². The zero-order chi connectivity index (χ0) is 15.7. The normalized spacial score (nSPS) is 10.8. The minimum atomic E-state index is -0.524. The number of hydrogen-bond donors (Lipinski definition) is 0. The van der Waals surface area contributed by atoms with Crippen LogP contribution in [0.1, 0.15) is 20.9 Å². The Kier molecular flexibility index (Phi) is 5.63. The molecule has 2 rings (SSSR count). The van der Waals surface area contributed by atoms with Gasteiger partial charge >= 0.3 is 5.97 Å². The van der Waals surface area contributed by atoms with Gasteiger partial charge in [-0.25, -0.2) is 9.78 Å². The lowest BCUT2D eigenvalue weighted by atomic mass is 10.2. The molecule has 1 aromatic carbocycles. The molecule has 0 atom stereocenters. The standard InChI is InChI=1S/C12H6Cl5NO2S/c1-4-11(21-3-18-4)12(19)20-2-5-6(13)8(15)10(17)9(16)7(5)14/h3H,2H2,1H3. The van der Waals surface area contributed by atoms with Crippen LogP contribution in [-0.4, -0.2) is 11.0 Å². The van der Waals surface area contributed by atoms with Crippen LogP contribution in [-0.2, 0) is 11.3 Å². The van der Waals surface area contributed by atoms with Crippen LogP contribution in [0.3, 0.4) is 0 Å². The highest BCUT2D eigenvalue weighted by molar-refractivity contribution is 7.11. The van der Waals surface area contributed by atoms with E-state index in [1.807, 2.05) is 0 Å². The number of ether oxygens (including phenoxy) is 1. The summed E-state index contributed by atoms with van der Waals surface area (Å²) in [5.41, 5.74) is 2.45. The first-order valence-corrected chi connectivity index (χ1v) is 8.19. The second-order valence-electron chi connectivity index (χ2n) is 3.89. The second-order valence-corrected chi connectivity index (χ2v) is 6.64. The molecule has 0 saturated heterocycles. The maximum atomic E-state index is 11.9. The van der Waals surface area contributed by atoms with Gasteiger partial charge in [0.25, 0.3) is 0 Å². The third kappa shape index (κ3) is 3.41. The summed E-state index contributed by atoms with van der Waals surface area (Å²) >= 11 is 31.1. The van der Waals surface area contributed by atoms with Gasteiger partial charge in [-0.05, 0) is 6.92 Å². The van der Waals surface area contributed by atoms with E-state index < -0.39 is 5.97 Å². The van der Waals surface area contributed by atoms with E-state index in [9.17, 15) is 4.79 Å². The van der Waals surface area contributed by atoms with Crippen molar-refractivity contribution in [2.75, 3.05) is 0 Å². The lowest BCUT2D eigenvalue weighted by molar-refractivity contribution is 0.0478. The molecule has 1 heterocycles. The number of aromatic nitrogens is 1. The molecule has 0 aliphatic heterocycles. The predicted octanol–water partition coefficient (Wildman–Crippen LogP) is 6.08. The summed E-state index contributed by atoms with van der Waals surface area (Å²) in [5, 5.41) is 0.386. The van der Waals surface area contributed by atoms with Crippen LogP contribution in [0.25, 0.3) is 0 Å². The Hall–Kier alpha value is -0.230. The van der Waals surface area contributed by atoms with Gasteiger partial charge in [0.15, 0.2) is 0 Å². The zero-order valence-electron chi connectivity index (χ0n) is 10.3. The first-order chi connectivity index (χ1) is 9.84. The number of thiazole rings is 1. The Morgan fingerprint density at radius 1 is 1.10 bits per heavy atom. The van der Waals surface area contributed by atoms with Crippen LogP contribution >= 0.6 is 69.3 Å². The van der Waals surface area contributed by atoms with Crippen LogP contribution in [0.4, 0.5) is 0 Å². The molecule has 0 bridgehead atoms. The van der Waals surface area contributed by atoms with Gasteiger partial charge in [-0.1, -0.05) is 58.0 Å². The van der Waals surface area contributed by atoms with E-state index in [2.05, 4.69) is 4.98 Å². The smallest absolute Gasteiger partial charge is 0.350 e. The number of carbonyl (C=O) groups is 1. The van der Waals surface area contributed by atoms with Crippen molar-refractivity contribution in [3.05, 3.63) is 46.8 Å². The van der Waals surface area contributed by atoms with Crippen LogP contribution in [0, 0.1) is 6.92 Å². The average molecular weight is 406 g/mol. The third-order valence-corrected chi connectivity index (χ3v) is 5.84. The number of esters is 1. The molecule has 21 heavy (non-hydrogen) atoms. The van der Waals surface area contributed by atoms with Gasteiger partial charge in [-0.15, -0.1) is 11.3 Å². The van der Waals surface area contributed by atoms with Crippen LogP contribution in [0.2, 0.25) is 25.1 Å². The van der Waals surface area contributed by atoms with Gasteiger partial charge < -0.3 is 4.74 Å². The van der Waals surface area contributed by atoms with Crippen molar-refractivity contribution >= 4 is 75.3 Å². The highest BCUT2D eigenvalue weighted by Gasteiger charge is 2.21. The van der Waals surface area contributed by atoms with Crippen molar-refractivity contribution in [3.8, 4) is 0 Å². The highest BCUT2D eigenvalue weighted by Crippen LogP contribution is 2.44. The summed E-state index contributed by atoms with van der Waals surface area (Å²) in [4.78, 5) is 16.3. The first kappa shape index (κ1) is 17.1. The fourth-order valence-corrected chi connectivity index (χ4v) is 3.46. The van der Waals surface area contributed by atoms with E-state index in [0.717, 1.165) is 0 Å². The number of benzene rings is 1. The quantitative estimate of drug-likeness (QED) is 0.353. The maximum Gasteiger partial charge on any atom is 0.350 e. The monoisotopic (exact) mass is 403 g/mol. The molecule has 3 nitrogen and oxygen atoms in total. The molecule has 112 valence electrons. The summed E-state index contributed by atoms with van der Waals surface area (Å²) in [6.07, 6.45) is 0.